The summed E-state index contributed by atoms with van der Waals surface area (Å²) in [5.74, 6) is 0.0539. The van der Waals surface area contributed by atoms with E-state index in [0.29, 0.717) is 17.0 Å². The summed E-state index contributed by atoms with van der Waals surface area (Å²) < 4.78 is 5.13. The fraction of sp³-hybridized carbons (Fsp3) is 0.211. The van der Waals surface area contributed by atoms with Crippen molar-refractivity contribution in [3.63, 3.8) is 0 Å². The molecule has 0 fully saturated rings. The van der Waals surface area contributed by atoms with Crippen LogP contribution in [0.15, 0.2) is 47.1 Å². The Bertz CT molecular complexity index is 917. The number of hydrogen-bond donors (Lipinski definition) is 2. The number of pyridine rings is 1. The molecule has 2 heterocycles. The molecule has 0 saturated carbocycles. The van der Waals surface area contributed by atoms with Gasteiger partial charge in [0.05, 0.1) is 36.1 Å². The van der Waals surface area contributed by atoms with Gasteiger partial charge < -0.3 is 15.1 Å². The van der Waals surface area contributed by atoms with Crippen LogP contribution in [0.5, 0.6) is 0 Å². The summed E-state index contributed by atoms with van der Waals surface area (Å²) in [6.07, 6.45) is 1.54. The van der Waals surface area contributed by atoms with Crippen molar-refractivity contribution < 1.29 is 14.0 Å². The molecule has 2 N–H and O–H groups in total. The predicted molar refractivity (Wildman–Crippen MR) is 94.1 cm³/mol. The zero-order valence-corrected chi connectivity index (χ0v) is 14.1. The van der Waals surface area contributed by atoms with Gasteiger partial charge in [0, 0.05) is 5.39 Å². The maximum Gasteiger partial charge on any atom is 0.253 e. The second-order valence-electron chi connectivity index (χ2n) is 5.86. The fourth-order valence-electron chi connectivity index (χ4n) is 2.54. The highest BCUT2D eigenvalue weighted by atomic mass is 16.3. The summed E-state index contributed by atoms with van der Waals surface area (Å²) in [4.78, 5) is 28.7. The average molecular weight is 337 g/mol. The second-order valence-corrected chi connectivity index (χ2v) is 5.86. The molecule has 6 heteroatoms. The predicted octanol–water partition coefficient (Wildman–Crippen LogP) is 2.49. The number of aromatic nitrogens is 1. The highest BCUT2D eigenvalue weighted by Crippen LogP contribution is 2.18. The van der Waals surface area contributed by atoms with Gasteiger partial charge in [-0.25, -0.2) is 0 Å². The minimum absolute atomic E-state index is 0.106. The highest BCUT2D eigenvalue weighted by molar-refractivity contribution is 6.00. The molecule has 128 valence electrons. The van der Waals surface area contributed by atoms with Gasteiger partial charge in [0.25, 0.3) is 5.91 Å². The van der Waals surface area contributed by atoms with E-state index in [4.69, 9.17) is 4.42 Å². The zero-order valence-electron chi connectivity index (χ0n) is 14.1. The Labute approximate surface area is 145 Å². The van der Waals surface area contributed by atoms with Crippen LogP contribution in [0.1, 0.15) is 27.4 Å². The average Bonchev–Trinajstić information content (AvgIpc) is 3.11. The first-order valence-corrected chi connectivity index (χ1v) is 7.98. The fourth-order valence-corrected chi connectivity index (χ4v) is 2.54. The van der Waals surface area contributed by atoms with Gasteiger partial charge in [-0.15, -0.1) is 0 Å². The van der Waals surface area contributed by atoms with Crippen molar-refractivity contribution in [3.05, 3.63) is 65.2 Å². The topological polar surface area (TPSA) is 84.2 Å². The number of fused-ring (bicyclic) bond motifs is 1. The van der Waals surface area contributed by atoms with E-state index in [0.717, 1.165) is 16.5 Å². The van der Waals surface area contributed by atoms with E-state index in [-0.39, 0.29) is 24.9 Å². The first-order valence-electron chi connectivity index (χ1n) is 7.98. The maximum atomic E-state index is 12.4. The van der Waals surface area contributed by atoms with Crippen LogP contribution >= 0.6 is 0 Å². The Kier molecular flexibility index (Phi) is 4.79. The van der Waals surface area contributed by atoms with E-state index >= 15 is 0 Å². The number of carbonyl (C=O) groups is 2. The molecular weight excluding hydrogens is 318 g/mol. The summed E-state index contributed by atoms with van der Waals surface area (Å²) in [5, 5.41) is 6.21. The van der Waals surface area contributed by atoms with E-state index in [1.807, 2.05) is 25.1 Å². The number of benzene rings is 1. The molecule has 6 nitrogen and oxygen atoms in total. The first-order chi connectivity index (χ1) is 12.0. The molecule has 2 aromatic heterocycles. The number of nitrogens with one attached hydrogen (secondary N) is 2. The Morgan fingerprint density at radius 2 is 1.96 bits per heavy atom. The molecule has 25 heavy (non-hydrogen) atoms. The van der Waals surface area contributed by atoms with E-state index in [1.165, 1.54) is 0 Å². The van der Waals surface area contributed by atoms with Gasteiger partial charge in [-0.3, -0.25) is 14.6 Å². The largest absolute Gasteiger partial charge is 0.467 e. The monoisotopic (exact) mass is 337 g/mol. The van der Waals surface area contributed by atoms with E-state index in [9.17, 15) is 9.59 Å². The van der Waals surface area contributed by atoms with Gasteiger partial charge >= 0.3 is 0 Å². The van der Waals surface area contributed by atoms with Gasteiger partial charge in [0.1, 0.15) is 5.76 Å². The summed E-state index contributed by atoms with van der Waals surface area (Å²) in [5.41, 5.74) is 3.04. The number of furan rings is 1. The van der Waals surface area contributed by atoms with Crippen molar-refractivity contribution in [2.24, 2.45) is 0 Å². The minimum atomic E-state index is -0.318. The zero-order chi connectivity index (χ0) is 17.8. The molecule has 2 amide bonds. The summed E-state index contributed by atoms with van der Waals surface area (Å²) in [6.45, 7) is 3.95. The van der Waals surface area contributed by atoms with Crippen LogP contribution < -0.4 is 10.6 Å². The van der Waals surface area contributed by atoms with Crippen LogP contribution in [0.2, 0.25) is 0 Å². The second kappa shape index (κ2) is 7.17. The van der Waals surface area contributed by atoms with Gasteiger partial charge in [0.2, 0.25) is 5.91 Å². The van der Waals surface area contributed by atoms with Crippen molar-refractivity contribution in [2.75, 3.05) is 6.54 Å². The lowest BCUT2D eigenvalue weighted by molar-refractivity contribution is -0.120. The summed E-state index contributed by atoms with van der Waals surface area (Å²) in [6, 6.07) is 11.2. The summed E-state index contributed by atoms with van der Waals surface area (Å²) in [7, 11) is 0. The van der Waals surface area contributed by atoms with Crippen LogP contribution in [-0.2, 0) is 11.3 Å². The van der Waals surface area contributed by atoms with E-state index < -0.39 is 0 Å². The molecule has 0 bridgehead atoms. The van der Waals surface area contributed by atoms with Crippen molar-refractivity contribution in [2.45, 2.75) is 20.4 Å². The number of hydrogen-bond acceptors (Lipinski definition) is 4. The SMILES string of the molecule is Cc1ccc2nc(C)c(C(=O)NCC(=O)NCc3ccco3)cc2c1. The van der Waals surface area contributed by atoms with Crippen molar-refractivity contribution >= 4 is 22.7 Å². The van der Waals surface area contributed by atoms with Gasteiger partial charge in [0.15, 0.2) is 0 Å². The summed E-state index contributed by atoms with van der Waals surface area (Å²) >= 11 is 0. The van der Waals surface area contributed by atoms with Crippen LogP contribution in [0.3, 0.4) is 0 Å². The van der Waals surface area contributed by atoms with Gasteiger partial charge in [-0.05, 0) is 44.2 Å². The van der Waals surface area contributed by atoms with Crippen molar-refractivity contribution in [1.29, 1.82) is 0 Å². The smallest absolute Gasteiger partial charge is 0.253 e. The van der Waals surface area contributed by atoms with Gasteiger partial charge in [-0.1, -0.05) is 11.6 Å². The molecule has 3 aromatic rings. The highest BCUT2D eigenvalue weighted by Gasteiger charge is 2.13. The molecule has 0 atom stereocenters. The minimum Gasteiger partial charge on any atom is -0.467 e. The molecule has 1 aromatic carbocycles. The molecule has 3 rings (SSSR count). The van der Waals surface area contributed by atoms with Crippen molar-refractivity contribution in [1.82, 2.24) is 15.6 Å². The number of carbonyl (C=O) groups excluding carboxylic acids is 2. The Hall–Kier alpha value is -3.15. The lowest BCUT2D eigenvalue weighted by Gasteiger charge is -2.09. The number of nitrogens with zero attached hydrogens (tertiary/aromatic N) is 1. The third kappa shape index (κ3) is 4.03. The quantitative estimate of drug-likeness (QED) is 0.749. The Morgan fingerprint density at radius 3 is 2.72 bits per heavy atom. The molecular formula is C19H19N3O3. The van der Waals surface area contributed by atoms with E-state index in [2.05, 4.69) is 15.6 Å². The molecule has 0 spiro atoms. The maximum absolute atomic E-state index is 12.4. The van der Waals surface area contributed by atoms with Crippen LogP contribution in [-0.4, -0.2) is 23.3 Å². The third-order valence-corrected chi connectivity index (χ3v) is 3.85. The lowest BCUT2D eigenvalue weighted by Crippen LogP contribution is -2.36. The standard InChI is InChI=1S/C19H19N3O3/c1-12-5-6-17-14(8-12)9-16(13(2)22-17)19(24)21-11-18(23)20-10-15-4-3-7-25-15/h3-9H,10-11H2,1-2H3,(H,20,23)(H,21,24). The lowest BCUT2D eigenvalue weighted by atomic mass is 10.1. The molecule has 0 aliphatic rings. The Morgan fingerprint density at radius 1 is 1.12 bits per heavy atom. The van der Waals surface area contributed by atoms with Crippen LogP contribution in [0.25, 0.3) is 10.9 Å². The van der Waals surface area contributed by atoms with E-state index in [1.54, 1.807) is 31.4 Å². The molecule has 0 saturated heterocycles. The molecule has 0 aliphatic heterocycles. The Balaban J connectivity index is 1.63. The van der Waals surface area contributed by atoms with Crippen LogP contribution in [0.4, 0.5) is 0 Å². The molecule has 0 unspecified atom stereocenters. The van der Waals surface area contributed by atoms with Crippen molar-refractivity contribution in [3.8, 4) is 0 Å². The van der Waals surface area contributed by atoms with Crippen LogP contribution in [0, 0.1) is 13.8 Å². The normalized spacial score (nSPS) is 10.6. The third-order valence-electron chi connectivity index (χ3n) is 3.85. The first kappa shape index (κ1) is 16.7. The number of amides is 2. The number of rotatable bonds is 5. The molecule has 0 radical (unpaired) electrons. The van der Waals surface area contributed by atoms with Gasteiger partial charge in [-0.2, -0.15) is 0 Å². The molecule has 0 aliphatic carbocycles. The number of aryl methyl sites for hydroxylation is 2.